The van der Waals surface area contributed by atoms with Crippen molar-refractivity contribution in [3.8, 4) is 11.5 Å². The Hall–Kier alpha value is -5.66. The van der Waals surface area contributed by atoms with Crippen LogP contribution < -0.4 is 26.2 Å². The fourth-order valence-electron chi connectivity index (χ4n) is 5.39. The second-order valence-corrected chi connectivity index (χ2v) is 11.3. The number of rotatable bonds is 15. The van der Waals surface area contributed by atoms with E-state index in [1.54, 1.807) is 48.1 Å². The molecule has 13 heteroatoms. The number of pyridine rings is 1. The van der Waals surface area contributed by atoms with Gasteiger partial charge in [0.2, 0.25) is 5.56 Å². The third-order valence-corrected chi connectivity index (χ3v) is 7.86. The zero-order chi connectivity index (χ0) is 34.0. The van der Waals surface area contributed by atoms with Gasteiger partial charge in [0.1, 0.15) is 18.1 Å². The number of nitrogens with one attached hydrogen (secondary N) is 4. The van der Waals surface area contributed by atoms with E-state index in [0.29, 0.717) is 41.9 Å². The smallest absolute Gasteiger partial charge is 0.405 e. The Balaban J connectivity index is 1.06. The van der Waals surface area contributed by atoms with Crippen molar-refractivity contribution in [3.05, 3.63) is 123 Å². The summed E-state index contributed by atoms with van der Waals surface area (Å²) in [6.07, 6.45) is -0.517. The molecule has 7 N–H and O–H groups in total. The molecular formula is C35H38N6O7. The number of hydrogen-bond acceptors (Lipinski definition) is 8. The Bertz CT molecular complexity index is 1920. The number of fused-ring (bicyclic) bond motifs is 1. The summed E-state index contributed by atoms with van der Waals surface area (Å²) in [4.78, 5) is 38.4. The van der Waals surface area contributed by atoms with Gasteiger partial charge in [-0.25, -0.2) is 4.79 Å². The molecule has 0 aliphatic rings. The molecule has 0 aliphatic carbocycles. The summed E-state index contributed by atoms with van der Waals surface area (Å²) in [6, 6.07) is 23.6. The van der Waals surface area contributed by atoms with E-state index in [9.17, 15) is 29.7 Å². The van der Waals surface area contributed by atoms with Gasteiger partial charge in [-0.15, -0.1) is 0 Å². The highest BCUT2D eigenvalue weighted by Crippen LogP contribution is 2.29. The molecule has 2 heterocycles. The van der Waals surface area contributed by atoms with Gasteiger partial charge >= 0.3 is 6.09 Å². The van der Waals surface area contributed by atoms with Crippen molar-refractivity contribution in [2.45, 2.75) is 31.6 Å². The van der Waals surface area contributed by atoms with Crippen LogP contribution in [0.15, 0.2) is 89.7 Å². The normalized spacial score (nSPS) is 12.4. The van der Waals surface area contributed by atoms with E-state index >= 15 is 0 Å². The molecule has 3 aromatic carbocycles. The van der Waals surface area contributed by atoms with Gasteiger partial charge in [-0.2, -0.15) is 5.10 Å². The van der Waals surface area contributed by atoms with Crippen molar-refractivity contribution in [1.82, 2.24) is 30.7 Å². The van der Waals surface area contributed by atoms with Crippen molar-refractivity contribution in [2.75, 3.05) is 19.6 Å². The van der Waals surface area contributed by atoms with Crippen LogP contribution in [0.4, 0.5) is 4.79 Å². The maximum Gasteiger partial charge on any atom is 0.405 e. The average Bonchev–Trinajstić information content (AvgIpc) is 3.46. The molecule has 2 atom stereocenters. The molecule has 0 saturated carbocycles. The molecule has 2 amide bonds. The van der Waals surface area contributed by atoms with Gasteiger partial charge < -0.3 is 41.0 Å². The molecule has 0 bridgehead atoms. The van der Waals surface area contributed by atoms with Crippen molar-refractivity contribution in [2.24, 2.45) is 7.05 Å². The number of aliphatic hydroxyl groups excluding tert-OH is 1. The summed E-state index contributed by atoms with van der Waals surface area (Å²) in [5, 5.41) is 43.7. The first-order valence-electron chi connectivity index (χ1n) is 15.5. The third-order valence-electron chi connectivity index (χ3n) is 7.86. The van der Waals surface area contributed by atoms with E-state index < -0.39 is 18.2 Å². The fourth-order valence-corrected chi connectivity index (χ4v) is 5.39. The number of carboxylic acid groups (broad SMARTS) is 1. The quantitative estimate of drug-likeness (QED) is 0.0825. The Kier molecular flexibility index (Phi) is 11.1. The van der Waals surface area contributed by atoms with Crippen LogP contribution in [0.2, 0.25) is 0 Å². The number of phenols is 1. The highest BCUT2D eigenvalue weighted by atomic mass is 16.5. The van der Waals surface area contributed by atoms with Crippen LogP contribution in [0, 0.1) is 0 Å². The molecule has 0 radical (unpaired) electrons. The first-order chi connectivity index (χ1) is 23.2. The number of carbonyl (C=O) groups is 2. The largest absolute Gasteiger partial charge is 0.506 e. The minimum absolute atomic E-state index is 0.0590. The fraction of sp³-hybridized carbons (Fsp3) is 0.257. The number of phenolic OH excluding ortho intramolecular Hbond substituents is 1. The number of aromatic hydroxyl groups is 1. The minimum atomic E-state index is -1.13. The number of amides is 2. The van der Waals surface area contributed by atoms with E-state index in [1.165, 1.54) is 12.1 Å². The summed E-state index contributed by atoms with van der Waals surface area (Å²) in [7, 11) is 1.73. The molecule has 5 aromatic rings. The van der Waals surface area contributed by atoms with Crippen LogP contribution in [-0.2, 0) is 13.7 Å². The second-order valence-electron chi connectivity index (χ2n) is 11.3. The Morgan fingerprint density at radius 1 is 0.958 bits per heavy atom. The van der Waals surface area contributed by atoms with Crippen molar-refractivity contribution in [1.29, 1.82) is 0 Å². The Morgan fingerprint density at radius 3 is 2.52 bits per heavy atom. The van der Waals surface area contributed by atoms with Crippen LogP contribution in [0.5, 0.6) is 11.5 Å². The topological polar surface area (TPSA) is 191 Å². The van der Waals surface area contributed by atoms with E-state index in [0.717, 1.165) is 17.5 Å². The molecule has 0 aliphatic heterocycles. The van der Waals surface area contributed by atoms with Gasteiger partial charge in [0, 0.05) is 31.6 Å². The van der Waals surface area contributed by atoms with E-state index in [4.69, 9.17) is 4.74 Å². The summed E-state index contributed by atoms with van der Waals surface area (Å²) in [5.74, 6) is 0.183. The number of aliphatic hydroxyl groups is 1. The number of unbranched alkanes of at least 4 members (excludes halogenated alkanes) is 1. The summed E-state index contributed by atoms with van der Waals surface area (Å²) in [5.41, 5.74) is 3.02. The zero-order valence-corrected chi connectivity index (χ0v) is 26.3. The lowest BCUT2D eigenvalue weighted by Crippen LogP contribution is -2.27. The Labute approximate surface area is 276 Å². The number of nitrogens with zero attached hydrogens (tertiary/aromatic N) is 2. The molecule has 48 heavy (non-hydrogen) atoms. The number of benzene rings is 3. The average molecular weight is 655 g/mol. The number of H-pyrrole nitrogens is 1. The number of aryl methyl sites for hydroxylation is 1. The van der Waals surface area contributed by atoms with E-state index in [1.807, 2.05) is 36.4 Å². The molecule has 1 unspecified atom stereocenters. The lowest BCUT2D eigenvalue weighted by Gasteiger charge is -2.19. The van der Waals surface area contributed by atoms with E-state index in [-0.39, 0.29) is 41.6 Å². The Morgan fingerprint density at radius 2 is 1.73 bits per heavy atom. The summed E-state index contributed by atoms with van der Waals surface area (Å²) < 4.78 is 7.58. The van der Waals surface area contributed by atoms with Gasteiger partial charge in [-0.1, -0.05) is 48.5 Å². The van der Waals surface area contributed by atoms with Gasteiger partial charge in [0.25, 0.3) is 5.91 Å². The third kappa shape index (κ3) is 8.57. The monoisotopic (exact) mass is 654 g/mol. The maximum absolute atomic E-state index is 12.7. The zero-order valence-electron chi connectivity index (χ0n) is 26.3. The predicted molar refractivity (Wildman–Crippen MR) is 179 cm³/mol. The second kappa shape index (κ2) is 15.8. The van der Waals surface area contributed by atoms with Crippen LogP contribution in [0.1, 0.15) is 57.9 Å². The molecule has 0 spiro atoms. The predicted octanol–water partition coefficient (Wildman–Crippen LogP) is 3.74. The first-order valence-corrected chi connectivity index (χ1v) is 15.5. The summed E-state index contributed by atoms with van der Waals surface area (Å²) >= 11 is 0. The molecule has 0 fully saturated rings. The molecular weight excluding hydrogens is 616 g/mol. The molecule has 13 nitrogen and oxygen atoms in total. The number of hydrogen-bond donors (Lipinski definition) is 7. The SMILES string of the molecule is Cn1nc(C(=O)NCCCCNCC(O)c2ccc(O)c3[nH]c(=O)ccc23)cc1COc1cccc([C@@H](NC(=O)O)c2ccccc2)c1. The number of aromatic nitrogens is 3. The molecule has 2 aromatic heterocycles. The minimum Gasteiger partial charge on any atom is -0.506 e. The first kappa shape index (κ1) is 33.7. The highest BCUT2D eigenvalue weighted by Gasteiger charge is 2.18. The highest BCUT2D eigenvalue weighted by molar-refractivity contribution is 5.92. The van der Waals surface area contributed by atoms with Crippen LogP contribution in [-0.4, -0.2) is 61.7 Å². The van der Waals surface area contributed by atoms with Crippen LogP contribution in [0.25, 0.3) is 10.9 Å². The molecule has 5 rings (SSSR count). The van der Waals surface area contributed by atoms with Gasteiger partial charge in [-0.3, -0.25) is 14.3 Å². The standard InChI is InChI=1S/C35H38N6O7/c1-41-24(21-48-25-11-7-10-23(18-25)32(39-35(46)47)22-8-3-2-4-9-22)19-28(40-41)34(45)37-17-6-5-16-36-20-30(43)26-12-14-29(42)33-27(26)13-15-31(44)38-33/h2-4,7-15,18-19,30,32,36,39,42-43H,5-6,16-17,20-21H2,1H3,(H,37,45)(H,38,44)(H,46,47)/t30?,32-/m0/s1. The molecule has 250 valence electrons. The van der Waals surface area contributed by atoms with Crippen LogP contribution in [0.3, 0.4) is 0 Å². The van der Waals surface area contributed by atoms with Crippen LogP contribution >= 0.6 is 0 Å². The van der Waals surface area contributed by atoms with Crippen molar-refractivity contribution >= 4 is 22.9 Å². The van der Waals surface area contributed by atoms with Gasteiger partial charge in [-0.05, 0) is 66.4 Å². The summed E-state index contributed by atoms with van der Waals surface area (Å²) in [6.45, 7) is 1.49. The number of ether oxygens (including phenoxy) is 1. The lowest BCUT2D eigenvalue weighted by atomic mass is 9.99. The number of aromatic amines is 1. The maximum atomic E-state index is 12.7. The molecule has 0 saturated heterocycles. The van der Waals surface area contributed by atoms with E-state index in [2.05, 4.69) is 26.0 Å². The number of carbonyl (C=O) groups excluding carboxylic acids is 1. The van der Waals surface area contributed by atoms with Gasteiger partial charge in [0.05, 0.1) is 23.4 Å². The lowest BCUT2D eigenvalue weighted by molar-refractivity contribution is 0.0947. The van der Waals surface area contributed by atoms with Crippen molar-refractivity contribution in [3.63, 3.8) is 0 Å². The van der Waals surface area contributed by atoms with Crippen molar-refractivity contribution < 1.29 is 29.6 Å². The van der Waals surface area contributed by atoms with Gasteiger partial charge in [0.15, 0.2) is 5.69 Å².